The predicted molar refractivity (Wildman–Crippen MR) is 70.4 cm³/mol. The maximum absolute atomic E-state index is 12.6. The lowest BCUT2D eigenvalue weighted by molar-refractivity contribution is -0.137. The predicted octanol–water partition coefficient (Wildman–Crippen LogP) is 3.66. The van der Waals surface area contributed by atoms with Crippen LogP contribution in [0.2, 0.25) is 0 Å². The second-order valence-corrected chi connectivity index (χ2v) is 5.40. The van der Waals surface area contributed by atoms with Gasteiger partial charge in [0.15, 0.2) is 5.78 Å². The molecule has 0 radical (unpaired) electrons. The van der Waals surface area contributed by atoms with E-state index in [9.17, 15) is 18.0 Å². The van der Waals surface area contributed by atoms with Crippen LogP contribution in [-0.2, 0) is 12.6 Å². The van der Waals surface area contributed by atoms with E-state index in [1.54, 1.807) is 4.68 Å². The topological polar surface area (TPSA) is 34.9 Å². The Kier molecular flexibility index (Phi) is 3.11. The zero-order valence-corrected chi connectivity index (χ0v) is 11.3. The van der Waals surface area contributed by atoms with E-state index in [4.69, 9.17) is 0 Å². The Morgan fingerprint density at radius 1 is 1.19 bits per heavy atom. The summed E-state index contributed by atoms with van der Waals surface area (Å²) >= 11 is 0. The summed E-state index contributed by atoms with van der Waals surface area (Å²) in [4.78, 5) is 11.9. The first-order valence-electron chi connectivity index (χ1n) is 6.64. The summed E-state index contributed by atoms with van der Waals surface area (Å²) < 4.78 is 39.3. The summed E-state index contributed by atoms with van der Waals surface area (Å²) in [5.41, 5.74) is 1.19. The van der Waals surface area contributed by atoms with Crippen molar-refractivity contribution in [1.29, 1.82) is 0 Å². The molecule has 1 atom stereocenters. The van der Waals surface area contributed by atoms with Crippen LogP contribution in [0, 0.1) is 5.92 Å². The number of hydrogen-bond acceptors (Lipinski definition) is 2. The third kappa shape index (κ3) is 2.46. The van der Waals surface area contributed by atoms with Gasteiger partial charge in [-0.05, 0) is 36.6 Å². The average molecular weight is 294 g/mol. The first-order chi connectivity index (χ1) is 9.86. The molecular formula is C15H13F3N2O. The summed E-state index contributed by atoms with van der Waals surface area (Å²) in [6.07, 6.45) is -1.67. The molecule has 1 aromatic carbocycles. The van der Waals surface area contributed by atoms with Gasteiger partial charge in [-0.25, -0.2) is 4.68 Å². The fourth-order valence-electron chi connectivity index (χ4n) is 2.65. The summed E-state index contributed by atoms with van der Waals surface area (Å²) in [5, 5.41) is 4.16. The Hall–Kier alpha value is -2.11. The van der Waals surface area contributed by atoms with Crippen molar-refractivity contribution in [3.05, 3.63) is 47.3 Å². The molecular weight excluding hydrogens is 281 g/mol. The molecule has 1 aromatic heterocycles. The van der Waals surface area contributed by atoms with Crippen LogP contribution < -0.4 is 0 Å². The molecule has 0 bridgehead atoms. The van der Waals surface area contributed by atoms with Crippen LogP contribution >= 0.6 is 0 Å². The maximum atomic E-state index is 12.6. The van der Waals surface area contributed by atoms with E-state index in [1.807, 2.05) is 6.92 Å². The molecule has 0 aliphatic heterocycles. The first-order valence-corrected chi connectivity index (χ1v) is 6.64. The smallest absolute Gasteiger partial charge is 0.294 e. The molecule has 3 nitrogen and oxygen atoms in total. The number of Topliss-reactive ketones (excluding diaryl/α,β-unsaturated/α-hetero) is 1. The zero-order chi connectivity index (χ0) is 15.2. The number of benzene rings is 1. The number of aromatic nitrogens is 2. The van der Waals surface area contributed by atoms with Crippen molar-refractivity contribution in [2.75, 3.05) is 0 Å². The summed E-state index contributed by atoms with van der Waals surface area (Å²) in [7, 11) is 0. The molecule has 0 amide bonds. The minimum absolute atomic E-state index is 0.0434. The minimum atomic E-state index is -4.35. The van der Waals surface area contributed by atoms with Gasteiger partial charge in [-0.2, -0.15) is 18.3 Å². The van der Waals surface area contributed by atoms with Gasteiger partial charge < -0.3 is 0 Å². The molecule has 21 heavy (non-hydrogen) atoms. The van der Waals surface area contributed by atoms with E-state index in [0.29, 0.717) is 24.1 Å². The van der Waals surface area contributed by atoms with Crippen LogP contribution in [0.25, 0.3) is 5.69 Å². The Morgan fingerprint density at radius 2 is 1.86 bits per heavy atom. The molecule has 110 valence electrons. The molecule has 3 rings (SSSR count). The number of ketones is 1. The molecule has 6 heteroatoms. The maximum Gasteiger partial charge on any atom is 0.416 e. The summed E-state index contributed by atoms with van der Waals surface area (Å²) in [5.74, 6) is 0.261. The Bertz CT molecular complexity index is 686. The number of halogens is 3. The van der Waals surface area contributed by atoms with E-state index < -0.39 is 11.7 Å². The molecule has 0 unspecified atom stereocenters. The summed E-state index contributed by atoms with van der Waals surface area (Å²) in [6, 6.07) is 4.80. The molecule has 0 spiro atoms. The van der Waals surface area contributed by atoms with Gasteiger partial charge >= 0.3 is 6.18 Å². The highest BCUT2D eigenvalue weighted by Crippen LogP contribution is 2.31. The van der Waals surface area contributed by atoms with Crippen molar-refractivity contribution in [3.8, 4) is 5.69 Å². The van der Waals surface area contributed by atoms with Crippen molar-refractivity contribution in [1.82, 2.24) is 9.78 Å². The monoisotopic (exact) mass is 294 g/mol. The quantitative estimate of drug-likeness (QED) is 0.804. The Morgan fingerprint density at radius 3 is 2.48 bits per heavy atom. The van der Waals surface area contributed by atoms with Gasteiger partial charge in [-0.3, -0.25) is 4.79 Å². The fourth-order valence-corrected chi connectivity index (χ4v) is 2.65. The van der Waals surface area contributed by atoms with Crippen LogP contribution in [0.5, 0.6) is 0 Å². The Labute approximate surface area is 119 Å². The highest BCUT2D eigenvalue weighted by atomic mass is 19.4. The van der Waals surface area contributed by atoms with Crippen LogP contribution in [0.1, 0.15) is 35.0 Å². The molecule has 1 aliphatic carbocycles. The van der Waals surface area contributed by atoms with Crippen molar-refractivity contribution in [2.45, 2.75) is 25.9 Å². The number of alkyl halides is 3. The number of fused-ring (bicyclic) bond motifs is 1. The highest BCUT2D eigenvalue weighted by Gasteiger charge is 2.30. The van der Waals surface area contributed by atoms with Gasteiger partial charge in [-0.15, -0.1) is 0 Å². The zero-order valence-electron chi connectivity index (χ0n) is 11.3. The van der Waals surface area contributed by atoms with Gasteiger partial charge in [0.1, 0.15) is 0 Å². The lowest BCUT2D eigenvalue weighted by atomic mass is 9.88. The van der Waals surface area contributed by atoms with Crippen LogP contribution in [0.3, 0.4) is 0 Å². The molecule has 2 aromatic rings. The van der Waals surface area contributed by atoms with Crippen molar-refractivity contribution < 1.29 is 18.0 Å². The van der Waals surface area contributed by atoms with E-state index in [0.717, 1.165) is 17.8 Å². The lowest BCUT2D eigenvalue weighted by Crippen LogP contribution is -2.19. The van der Waals surface area contributed by atoms with Gasteiger partial charge in [0.05, 0.1) is 28.7 Å². The summed E-state index contributed by atoms with van der Waals surface area (Å²) in [6.45, 7) is 1.98. The number of carbonyl (C=O) groups is 1. The van der Waals surface area contributed by atoms with Crippen molar-refractivity contribution >= 4 is 5.78 Å². The van der Waals surface area contributed by atoms with Gasteiger partial charge in [-0.1, -0.05) is 6.92 Å². The van der Waals surface area contributed by atoms with E-state index in [2.05, 4.69) is 5.10 Å². The Balaban J connectivity index is 2.01. The van der Waals surface area contributed by atoms with Crippen molar-refractivity contribution in [3.63, 3.8) is 0 Å². The van der Waals surface area contributed by atoms with Gasteiger partial charge in [0, 0.05) is 6.42 Å². The normalized spacial score (nSPS) is 18.7. The van der Waals surface area contributed by atoms with Crippen LogP contribution in [-0.4, -0.2) is 15.6 Å². The van der Waals surface area contributed by atoms with E-state index >= 15 is 0 Å². The second kappa shape index (κ2) is 4.72. The third-order valence-corrected chi connectivity index (χ3v) is 3.68. The third-order valence-electron chi connectivity index (χ3n) is 3.68. The molecule has 0 fully saturated rings. The van der Waals surface area contributed by atoms with E-state index in [-0.39, 0.29) is 11.7 Å². The SMILES string of the molecule is C[C@@H]1CC(=O)c2cnn(-c3ccc(C(F)(F)F)cc3)c2C1. The lowest BCUT2D eigenvalue weighted by Gasteiger charge is -2.19. The average Bonchev–Trinajstić information content (AvgIpc) is 2.82. The second-order valence-electron chi connectivity index (χ2n) is 5.40. The largest absolute Gasteiger partial charge is 0.416 e. The van der Waals surface area contributed by atoms with E-state index in [1.165, 1.54) is 18.3 Å². The standard InChI is InChI=1S/C15H13F3N2O/c1-9-6-13-12(14(21)7-9)8-19-20(13)11-4-2-10(3-5-11)15(16,17)18/h2-5,8-9H,6-7H2,1H3/t9-/m0/s1. The molecule has 0 saturated heterocycles. The molecule has 1 aliphatic rings. The number of rotatable bonds is 1. The molecule has 0 N–H and O–H groups in total. The van der Waals surface area contributed by atoms with Gasteiger partial charge in [0.25, 0.3) is 0 Å². The number of nitrogens with zero attached hydrogens (tertiary/aromatic N) is 2. The van der Waals surface area contributed by atoms with Gasteiger partial charge in [0.2, 0.25) is 0 Å². The van der Waals surface area contributed by atoms with Crippen molar-refractivity contribution in [2.24, 2.45) is 5.92 Å². The highest BCUT2D eigenvalue weighted by molar-refractivity contribution is 5.98. The number of carbonyl (C=O) groups excluding carboxylic acids is 1. The first kappa shape index (κ1) is 13.9. The minimum Gasteiger partial charge on any atom is -0.294 e. The molecule has 0 saturated carbocycles. The fraction of sp³-hybridized carbons (Fsp3) is 0.333. The van der Waals surface area contributed by atoms with Crippen LogP contribution in [0.15, 0.2) is 30.5 Å². The number of hydrogen-bond donors (Lipinski definition) is 0. The molecule has 1 heterocycles. The van der Waals surface area contributed by atoms with Crippen LogP contribution in [0.4, 0.5) is 13.2 Å².